The van der Waals surface area contributed by atoms with Crippen molar-refractivity contribution in [2.75, 3.05) is 60.0 Å². The molecule has 8 heteroatoms. The summed E-state index contributed by atoms with van der Waals surface area (Å²) in [7, 11) is 3.47. The summed E-state index contributed by atoms with van der Waals surface area (Å²) in [6.45, 7) is 7.49. The van der Waals surface area contributed by atoms with Crippen LogP contribution in [0.1, 0.15) is 25.1 Å². The third-order valence-electron chi connectivity index (χ3n) is 5.14. The van der Waals surface area contributed by atoms with Crippen LogP contribution in [0.2, 0.25) is 0 Å². The van der Waals surface area contributed by atoms with Gasteiger partial charge in [0, 0.05) is 39.1 Å². The second-order valence-corrected chi connectivity index (χ2v) is 7.74. The quantitative estimate of drug-likeness (QED) is 0.389. The highest BCUT2D eigenvalue weighted by Crippen LogP contribution is 2.23. The number of ether oxygens (including phenoxy) is 1. The van der Waals surface area contributed by atoms with Gasteiger partial charge < -0.3 is 24.7 Å². The molecule has 3 rings (SSSR count). The zero-order valence-electron chi connectivity index (χ0n) is 18.2. The van der Waals surface area contributed by atoms with Crippen LogP contribution in [0.15, 0.2) is 39.7 Å². The van der Waals surface area contributed by atoms with Crippen molar-refractivity contribution < 1.29 is 13.9 Å². The first-order valence-corrected chi connectivity index (χ1v) is 10.6. The van der Waals surface area contributed by atoms with Gasteiger partial charge in [0.2, 0.25) is 5.91 Å². The van der Waals surface area contributed by atoms with Gasteiger partial charge in [-0.05, 0) is 32.0 Å². The number of nitrogens with one attached hydrogen (secondary N) is 2. The summed E-state index contributed by atoms with van der Waals surface area (Å²) in [5.74, 6) is 1.40. The van der Waals surface area contributed by atoms with Crippen LogP contribution in [0.4, 0.5) is 0 Å². The Morgan fingerprint density at radius 3 is 2.77 bits per heavy atom. The van der Waals surface area contributed by atoms with Crippen LogP contribution in [-0.2, 0) is 9.53 Å². The molecule has 1 fully saturated rings. The van der Waals surface area contributed by atoms with Crippen molar-refractivity contribution in [3.8, 4) is 0 Å². The zero-order chi connectivity index (χ0) is 21.3. The molecule has 0 bridgehead atoms. The van der Waals surface area contributed by atoms with E-state index in [4.69, 9.17) is 9.15 Å². The van der Waals surface area contributed by atoms with E-state index in [1.807, 2.05) is 37.3 Å². The molecule has 1 aliphatic rings. The summed E-state index contributed by atoms with van der Waals surface area (Å²) in [4.78, 5) is 20.4. The van der Waals surface area contributed by atoms with Gasteiger partial charge in [0.1, 0.15) is 17.9 Å². The second kappa shape index (κ2) is 11.0. The maximum absolute atomic E-state index is 12.0. The van der Waals surface area contributed by atoms with E-state index in [2.05, 4.69) is 20.5 Å². The first-order chi connectivity index (χ1) is 14.5. The number of amides is 1. The van der Waals surface area contributed by atoms with E-state index in [9.17, 15) is 4.79 Å². The fraction of sp³-hybridized carbons (Fsp3) is 0.545. The van der Waals surface area contributed by atoms with E-state index in [1.54, 1.807) is 19.0 Å². The van der Waals surface area contributed by atoms with Gasteiger partial charge in [0.05, 0.1) is 19.3 Å². The molecule has 1 aromatic carbocycles. The van der Waals surface area contributed by atoms with E-state index in [0.29, 0.717) is 5.96 Å². The predicted molar refractivity (Wildman–Crippen MR) is 119 cm³/mol. The Balaban J connectivity index is 1.57. The molecule has 8 nitrogen and oxygen atoms in total. The van der Waals surface area contributed by atoms with Crippen molar-refractivity contribution >= 4 is 22.8 Å². The van der Waals surface area contributed by atoms with Crippen molar-refractivity contribution in [1.29, 1.82) is 0 Å². The highest BCUT2D eigenvalue weighted by atomic mass is 16.5. The smallest absolute Gasteiger partial charge is 0.243 e. The highest BCUT2D eigenvalue weighted by molar-refractivity contribution is 5.85. The summed E-state index contributed by atoms with van der Waals surface area (Å²) in [6, 6.07) is 9.90. The van der Waals surface area contributed by atoms with Crippen molar-refractivity contribution in [2.45, 2.75) is 19.4 Å². The molecule has 0 spiro atoms. The SMILES string of the molecule is CC(NC(=NCC(=O)N(C)C)NCCCN1CCOCC1)c1cc2ccccc2o1. The minimum absolute atomic E-state index is 0.0409. The van der Waals surface area contributed by atoms with Gasteiger partial charge in [-0.15, -0.1) is 0 Å². The number of hydrogen-bond acceptors (Lipinski definition) is 5. The third-order valence-corrected chi connectivity index (χ3v) is 5.14. The van der Waals surface area contributed by atoms with Crippen LogP contribution in [0, 0.1) is 0 Å². The lowest BCUT2D eigenvalue weighted by atomic mass is 10.2. The topological polar surface area (TPSA) is 82.3 Å². The van der Waals surface area contributed by atoms with Crippen LogP contribution >= 0.6 is 0 Å². The van der Waals surface area contributed by atoms with Gasteiger partial charge >= 0.3 is 0 Å². The standard InChI is InChI=1S/C22H33N5O3/c1-17(20-15-18-7-4-5-8-19(18)30-20)25-22(24-16-21(28)26(2)3)23-9-6-10-27-11-13-29-14-12-27/h4-5,7-8,15,17H,6,9-14,16H2,1-3H3,(H2,23,24,25). The number of aliphatic imine (C=N–C) groups is 1. The lowest BCUT2D eigenvalue weighted by Crippen LogP contribution is -2.42. The summed E-state index contributed by atoms with van der Waals surface area (Å²) < 4.78 is 11.4. The number of fused-ring (bicyclic) bond motifs is 1. The predicted octanol–water partition coefficient (Wildman–Crippen LogP) is 1.84. The Hall–Kier alpha value is -2.58. The Labute approximate surface area is 178 Å². The molecule has 2 heterocycles. The largest absolute Gasteiger partial charge is 0.459 e. The molecule has 1 amide bonds. The Morgan fingerprint density at radius 2 is 2.03 bits per heavy atom. The van der Waals surface area contributed by atoms with Crippen LogP contribution < -0.4 is 10.6 Å². The molecular weight excluding hydrogens is 382 g/mol. The molecule has 164 valence electrons. The van der Waals surface area contributed by atoms with Crippen LogP contribution in [0.25, 0.3) is 11.0 Å². The van der Waals surface area contributed by atoms with Gasteiger partial charge in [-0.1, -0.05) is 18.2 Å². The van der Waals surface area contributed by atoms with Gasteiger partial charge in [-0.25, -0.2) is 4.99 Å². The molecule has 1 saturated heterocycles. The Morgan fingerprint density at radius 1 is 1.27 bits per heavy atom. The normalized spacial score (nSPS) is 16.4. The third kappa shape index (κ3) is 6.47. The van der Waals surface area contributed by atoms with Crippen molar-refractivity contribution in [2.24, 2.45) is 4.99 Å². The molecule has 1 unspecified atom stereocenters. The van der Waals surface area contributed by atoms with Crippen LogP contribution in [-0.4, -0.2) is 81.7 Å². The number of carbonyl (C=O) groups excluding carboxylic acids is 1. The summed E-state index contributed by atoms with van der Waals surface area (Å²) >= 11 is 0. The van der Waals surface area contributed by atoms with Crippen LogP contribution in [0.5, 0.6) is 0 Å². The van der Waals surface area contributed by atoms with E-state index in [0.717, 1.165) is 62.5 Å². The number of nitrogens with zero attached hydrogens (tertiary/aromatic N) is 3. The molecule has 0 saturated carbocycles. The van der Waals surface area contributed by atoms with Gasteiger partial charge in [0.15, 0.2) is 5.96 Å². The minimum atomic E-state index is -0.0858. The average molecular weight is 416 g/mol. The molecule has 30 heavy (non-hydrogen) atoms. The monoisotopic (exact) mass is 415 g/mol. The number of morpholine rings is 1. The van der Waals surface area contributed by atoms with E-state index in [-0.39, 0.29) is 18.5 Å². The van der Waals surface area contributed by atoms with Crippen molar-refractivity contribution in [1.82, 2.24) is 20.4 Å². The van der Waals surface area contributed by atoms with Crippen molar-refractivity contribution in [3.05, 3.63) is 36.1 Å². The molecule has 2 N–H and O–H groups in total. The molecular formula is C22H33N5O3. The number of rotatable bonds is 8. The maximum atomic E-state index is 12.0. The molecule has 1 aliphatic heterocycles. The number of hydrogen-bond donors (Lipinski definition) is 2. The lowest BCUT2D eigenvalue weighted by Gasteiger charge is -2.26. The van der Waals surface area contributed by atoms with Gasteiger partial charge in [0.25, 0.3) is 0 Å². The fourth-order valence-corrected chi connectivity index (χ4v) is 3.27. The van der Waals surface area contributed by atoms with E-state index < -0.39 is 0 Å². The molecule has 0 radical (unpaired) electrons. The van der Waals surface area contributed by atoms with Crippen LogP contribution in [0.3, 0.4) is 0 Å². The maximum Gasteiger partial charge on any atom is 0.243 e. The number of furan rings is 1. The number of guanidine groups is 1. The number of carbonyl (C=O) groups is 1. The number of para-hydroxylation sites is 1. The molecule has 1 aromatic heterocycles. The molecule has 0 aliphatic carbocycles. The Bertz CT molecular complexity index is 809. The van der Waals surface area contributed by atoms with E-state index in [1.165, 1.54) is 0 Å². The summed E-state index contributed by atoms with van der Waals surface area (Å²) in [5.41, 5.74) is 0.862. The molecule has 2 aromatic rings. The highest BCUT2D eigenvalue weighted by Gasteiger charge is 2.14. The summed E-state index contributed by atoms with van der Waals surface area (Å²) in [5, 5.41) is 7.79. The molecule has 1 atom stereocenters. The summed E-state index contributed by atoms with van der Waals surface area (Å²) in [6.07, 6.45) is 0.987. The number of likely N-dealkylation sites (N-methyl/N-ethyl adjacent to an activating group) is 1. The van der Waals surface area contributed by atoms with E-state index >= 15 is 0 Å². The fourth-order valence-electron chi connectivity index (χ4n) is 3.27. The zero-order valence-corrected chi connectivity index (χ0v) is 18.2. The first kappa shape index (κ1) is 22.1. The van der Waals surface area contributed by atoms with Crippen molar-refractivity contribution in [3.63, 3.8) is 0 Å². The average Bonchev–Trinajstić information content (AvgIpc) is 3.19. The minimum Gasteiger partial charge on any atom is -0.459 e. The Kier molecular flexibility index (Phi) is 8.10. The van der Waals surface area contributed by atoms with Gasteiger partial charge in [-0.2, -0.15) is 0 Å². The van der Waals surface area contributed by atoms with Gasteiger partial charge in [-0.3, -0.25) is 9.69 Å². The second-order valence-electron chi connectivity index (χ2n) is 7.74. The lowest BCUT2D eigenvalue weighted by molar-refractivity contribution is -0.127. The number of benzene rings is 1. The first-order valence-electron chi connectivity index (χ1n) is 10.6.